The highest BCUT2D eigenvalue weighted by molar-refractivity contribution is 5.78. The van der Waals surface area contributed by atoms with Gasteiger partial charge in [-0.05, 0) is 24.6 Å². The van der Waals surface area contributed by atoms with Gasteiger partial charge < -0.3 is 14.2 Å². The molecule has 7 heteroatoms. The summed E-state index contributed by atoms with van der Waals surface area (Å²) < 4.78 is 18.9. The number of fused-ring (bicyclic) bond motifs is 1. The molecule has 0 radical (unpaired) electrons. The van der Waals surface area contributed by atoms with Crippen LogP contribution in [0.25, 0.3) is 16.6 Å². The molecule has 0 amide bonds. The summed E-state index contributed by atoms with van der Waals surface area (Å²) in [5, 5.41) is 0.438. The number of aromatic nitrogens is 2. The number of methoxy groups -OCH3 is 3. The molecule has 4 aromatic rings. The number of para-hydroxylation sites is 1. The van der Waals surface area contributed by atoms with E-state index >= 15 is 0 Å². The van der Waals surface area contributed by atoms with Crippen LogP contribution in [0.15, 0.2) is 70.3 Å². The van der Waals surface area contributed by atoms with E-state index in [-0.39, 0.29) is 0 Å². The third-order valence-corrected chi connectivity index (χ3v) is 5.42. The number of aryl methyl sites for hydroxylation is 1. The van der Waals surface area contributed by atoms with Gasteiger partial charge in [0, 0.05) is 12.1 Å². The zero-order valence-corrected chi connectivity index (χ0v) is 18.4. The van der Waals surface area contributed by atoms with Crippen LogP contribution in [0.1, 0.15) is 11.1 Å². The molecule has 1 aromatic heterocycles. The predicted octanol–water partition coefficient (Wildman–Crippen LogP) is 3.53. The van der Waals surface area contributed by atoms with E-state index in [4.69, 9.17) is 14.2 Å². The van der Waals surface area contributed by atoms with Gasteiger partial charge in [-0.3, -0.25) is 9.36 Å². The molecule has 164 valence electrons. The molecule has 32 heavy (non-hydrogen) atoms. The molecule has 4 rings (SSSR count). The lowest BCUT2D eigenvalue weighted by molar-refractivity contribution is 0.324. The van der Waals surface area contributed by atoms with Crippen LogP contribution in [0.5, 0.6) is 17.2 Å². The lowest BCUT2D eigenvalue weighted by atomic mass is 10.1. The largest absolute Gasteiger partial charge is 0.493 e. The van der Waals surface area contributed by atoms with Gasteiger partial charge in [0.15, 0.2) is 11.5 Å². The molecular formula is C25H24N2O5. The molecule has 0 aliphatic heterocycles. The van der Waals surface area contributed by atoms with E-state index in [0.29, 0.717) is 40.4 Å². The fourth-order valence-electron chi connectivity index (χ4n) is 3.77. The van der Waals surface area contributed by atoms with E-state index in [1.807, 2.05) is 37.3 Å². The molecule has 0 aliphatic rings. The number of benzene rings is 3. The Morgan fingerprint density at radius 2 is 1.44 bits per heavy atom. The van der Waals surface area contributed by atoms with Crippen LogP contribution in [0.3, 0.4) is 0 Å². The summed E-state index contributed by atoms with van der Waals surface area (Å²) in [6, 6.07) is 18.2. The molecule has 0 unspecified atom stereocenters. The van der Waals surface area contributed by atoms with Crippen molar-refractivity contribution >= 4 is 10.9 Å². The second kappa shape index (κ2) is 8.63. The van der Waals surface area contributed by atoms with E-state index in [1.54, 1.807) is 34.9 Å². The predicted molar refractivity (Wildman–Crippen MR) is 124 cm³/mol. The van der Waals surface area contributed by atoms with Gasteiger partial charge in [0.2, 0.25) is 5.75 Å². The third kappa shape index (κ3) is 3.62. The van der Waals surface area contributed by atoms with E-state index < -0.39 is 11.2 Å². The lowest BCUT2D eigenvalue weighted by Gasteiger charge is -2.17. The summed E-state index contributed by atoms with van der Waals surface area (Å²) >= 11 is 0. The van der Waals surface area contributed by atoms with Crippen LogP contribution < -0.4 is 25.5 Å². The summed E-state index contributed by atoms with van der Waals surface area (Å²) in [6.45, 7) is 2.33. The molecule has 0 saturated carbocycles. The number of rotatable bonds is 6. The van der Waals surface area contributed by atoms with Gasteiger partial charge in [-0.1, -0.05) is 42.0 Å². The number of hydrogen-bond acceptors (Lipinski definition) is 5. The van der Waals surface area contributed by atoms with E-state index in [2.05, 4.69) is 0 Å². The van der Waals surface area contributed by atoms with Crippen molar-refractivity contribution in [2.45, 2.75) is 13.5 Å². The molecule has 0 bridgehead atoms. The van der Waals surface area contributed by atoms with Crippen molar-refractivity contribution in [1.29, 1.82) is 0 Å². The second-order valence-electron chi connectivity index (χ2n) is 7.40. The zero-order chi connectivity index (χ0) is 22.8. The van der Waals surface area contributed by atoms with E-state index in [9.17, 15) is 9.59 Å². The van der Waals surface area contributed by atoms with Crippen LogP contribution in [0.2, 0.25) is 0 Å². The minimum absolute atomic E-state index is 0.324. The summed E-state index contributed by atoms with van der Waals surface area (Å²) in [5.41, 5.74) is 2.12. The summed E-state index contributed by atoms with van der Waals surface area (Å²) in [6.07, 6.45) is 0. The van der Waals surface area contributed by atoms with Crippen molar-refractivity contribution < 1.29 is 14.2 Å². The van der Waals surface area contributed by atoms with Crippen molar-refractivity contribution in [3.63, 3.8) is 0 Å². The Kier molecular flexibility index (Phi) is 5.73. The first-order valence-corrected chi connectivity index (χ1v) is 10.1. The maximum atomic E-state index is 13.6. The maximum Gasteiger partial charge on any atom is 0.336 e. The van der Waals surface area contributed by atoms with Crippen LogP contribution in [-0.4, -0.2) is 30.5 Å². The zero-order valence-electron chi connectivity index (χ0n) is 18.4. The highest BCUT2D eigenvalue weighted by atomic mass is 16.5. The third-order valence-electron chi connectivity index (χ3n) is 5.42. The topological polar surface area (TPSA) is 71.7 Å². The Morgan fingerprint density at radius 1 is 0.812 bits per heavy atom. The lowest BCUT2D eigenvalue weighted by Crippen LogP contribution is -2.39. The molecule has 1 heterocycles. The second-order valence-corrected chi connectivity index (χ2v) is 7.40. The fourth-order valence-corrected chi connectivity index (χ4v) is 3.77. The molecule has 0 atom stereocenters. The van der Waals surface area contributed by atoms with Crippen LogP contribution >= 0.6 is 0 Å². The minimum atomic E-state index is -0.455. The van der Waals surface area contributed by atoms with Gasteiger partial charge in [-0.2, -0.15) is 0 Å². The fraction of sp³-hybridized carbons (Fsp3) is 0.200. The van der Waals surface area contributed by atoms with E-state index in [0.717, 1.165) is 15.7 Å². The Morgan fingerprint density at radius 3 is 2.03 bits per heavy atom. The Hall–Kier alpha value is -4.00. The molecule has 0 N–H and O–H groups in total. The Balaban J connectivity index is 2.02. The number of hydrogen-bond donors (Lipinski definition) is 0. The average molecular weight is 432 g/mol. The number of nitrogens with zero attached hydrogens (tertiary/aromatic N) is 2. The van der Waals surface area contributed by atoms with Crippen molar-refractivity contribution in [3.05, 3.63) is 92.6 Å². The summed E-state index contributed by atoms with van der Waals surface area (Å²) in [5.74, 6) is 1.09. The number of ether oxygens (including phenoxy) is 3. The Labute approximate surface area is 185 Å². The normalized spacial score (nSPS) is 10.9. The van der Waals surface area contributed by atoms with Crippen LogP contribution in [-0.2, 0) is 6.54 Å². The monoisotopic (exact) mass is 432 g/mol. The first kappa shape index (κ1) is 21.2. The molecule has 0 fully saturated rings. The smallest absolute Gasteiger partial charge is 0.336 e. The van der Waals surface area contributed by atoms with E-state index in [1.165, 1.54) is 21.3 Å². The molecule has 3 aromatic carbocycles. The van der Waals surface area contributed by atoms with Crippen molar-refractivity contribution in [1.82, 2.24) is 9.13 Å². The Bertz CT molecular complexity index is 1380. The van der Waals surface area contributed by atoms with Crippen molar-refractivity contribution in [2.75, 3.05) is 21.3 Å². The highest BCUT2D eigenvalue weighted by Crippen LogP contribution is 2.38. The first-order valence-electron chi connectivity index (χ1n) is 10.1. The standard InChI is InChI=1S/C25H24N2O5/c1-16-9-11-17(12-10-16)15-26-20-8-6-5-7-19(20)24(28)27(25(26)29)18-13-21(30-2)23(32-4)22(14-18)31-3/h5-14H,15H2,1-4H3. The molecule has 0 spiro atoms. The SMILES string of the molecule is COc1cc(-n2c(=O)c3ccccc3n(Cc3ccc(C)cc3)c2=O)cc(OC)c1OC. The summed E-state index contributed by atoms with van der Waals surface area (Å²) in [4.78, 5) is 27.0. The maximum absolute atomic E-state index is 13.6. The average Bonchev–Trinajstić information content (AvgIpc) is 2.82. The van der Waals surface area contributed by atoms with Crippen LogP contribution in [0, 0.1) is 6.92 Å². The molecule has 0 aliphatic carbocycles. The van der Waals surface area contributed by atoms with Gasteiger partial charge in [0.1, 0.15) is 0 Å². The van der Waals surface area contributed by atoms with Gasteiger partial charge in [-0.15, -0.1) is 0 Å². The molecule has 0 saturated heterocycles. The molecular weight excluding hydrogens is 408 g/mol. The van der Waals surface area contributed by atoms with Gasteiger partial charge in [0.25, 0.3) is 5.56 Å². The first-order chi connectivity index (χ1) is 15.5. The summed E-state index contributed by atoms with van der Waals surface area (Å²) in [7, 11) is 4.47. The van der Waals surface area contributed by atoms with Crippen LogP contribution in [0.4, 0.5) is 0 Å². The highest BCUT2D eigenvalue weighted by Gasteiger charge is 2.19. The molecule has 7 nitrogen and oxygen atoms in total. The van der Waals surface area contributed by atoms with Crippen molar-refractivity contribution in [2.24, 2.45) is 0 Å². The van der Waals surface area contributed by atoms with Gasteiger partial charge >= 0.3 is 5.69 Å². The van der Waals surface area contributed by atoms with Crippen molar-refractivity contribution in [3.8, 4) is 22.9 Å². The van der Waals surface area contributed by atoms with Gasteiger partial charge in [0.05, 0.1) is 44.5 Å². The quantitative estimate of drug-likeness (QED) is 0.466. The minimum Gasteiger partial charge on any atom is -0.493 e. The van der Waals surface area contributed by atoms with Gasteiger partial charge in [-0.25, -0.2) is 9.36 Å².